The fourth-order valence-corrected chi connectivity index (χ4v) is 2.35. The summed E-state index contributed by atoms with van der Waals surface area (Å²) in [6.45, 7) is 5.99. The molecule has 4 nitrogen and oxygen atoms in total. The largest absolute Gasteiger partial charge is 0.494 e. The van der Waals surface area contributed by atoms with Crippen LogP contribution < -0.4 is 4.74 Å². The Kier molecular flexibility index (Phi) is 7.02. The second-order valence-electron chi connectivity index (χ2n) is 5.36. The molecule has 2 aromatic rings. The molecule has 0 fully saturated rings. The summed E-state index contributed by atoms with van der Waals surface area (Å²) in [5.74, 6) is 0.869. The predicted molar refractivity (Wildman–Crippen MR) is 96.8 cm³/mol. The van der Waals surface area contributed by atoms with E-state index in [1.54, 1.807) is 18.5 Å². The van der Waals surface area contributed by atoms with Crippen molar-refractivity contribution < 1.29 is 9.53 Å². The third kappa shape index (κ3) is 5.54. The molecule has 1 aromatic carbocycles. The third-order valence-corrected chi connectivity index (χ3v) is 3.72. The van der Waals surface area contributed by atoms with E-state index >= 15 is 0 Å². The number of carbonyl (C=O) groups is 1. The lowest BCUT2D eigenvalue weighted by atomic mass is 10.2. The van der Waals surface area contributed by atoms with E-state index in [4.69, 9.17) is 4.74 Å². The van der Waals surface area contributed by atoms with Gasteiger partial charge in [0.2, 0.25) is 5.91 Å². The van der Waals surface area contributed by atoms with Gasteiger partial charge in [0.15, 0.2) is 0 Å². The summed E-state index contributed by atoms with van der Waals surface area (Å²) in [5, 5.41) is 0. The normalized spacial score (nSPS) is 10.8. The van der Waals surface area contributed by atoms with Gasteiger partial charge in [0.25, 0.3) is 0 Å². The maximum atomic E-state index is 12.3. The van der Waals surface area contributed by atoms with Crippen molar-refractivity contribution in [3.63, 3.8) is 0 Å². The van der Waals surface area contributed by atoms with Crippen molar-refractivity contribution in [1.82, 2.24) is 9.88 Å². The van der Waals surface area contributed by atoms with E-state index in [-0.39, 0.29) is 5.91 Å². The van der Waals surface area contributed by atoms with Crippen LogP contribution in [-0.2, 0) is 11.2 Å². The molecule has 0 spiro atoms. The lowest BCUT2D eigenvalue weighted by Gasteiger charge is -2.19. The first-order valence-corrected chi connectivity index (χ1v) is 8.31. The molecule has 0 unspecified atom stereocenters. The Balaban J connectivity index is 1.90. The Labute approximate surface area is 143 Å². The van der Waals surface area contributed by atoms with Crippen molar-refractivity contribution in [3.8, 4) is 5.75 Å². The number of pyridine rings is 1. The molecule has 0 aliphatic heterocycles. The number of hydrogen-bond acceptors (Lipinski definition) is 3. The third-order valence-electron chi connectivity index (χ3n) is 3.72. The average Bonchev–Trinajstić information content (AvgIpc) is 2.63. The van der Waals surface area contributed by atoms with Crippen LogP contribution in [0.5, 0.6) is 5.75 Å². The molecule has 24 heavy (non-hydrogen) atoms. The molecule has 1 amide bonds. The van der Waals surface area contributed by atoms with Crippen LogP contribution in [0.1, 0.15) is 25.0 Å². The zero-order valence-electron chi connectivity index (χ0n) is 14.3. The second-order valence-corrected chi connectivity index (χ2v) is 5.36. The molecule has 0 N–H and O–H groups in total. The summed E-state index contributed by atoms with van der Waals surface area (Å²) in [6.07, 6.45) is 7.86. The van der Waals surface area contributed by atoms with Crippen molar-refractivity contribution in [2.75, 3.05) is 19.7 Å². The van der Waals surface area contributed by atoms with Crippen molar-refractivity contribution >= 4 is 12.0 Å². The molecule has 0 aliphatic rings. The number of amides is 1. The quantitative estimate of drug-likeness (QED) is 0.697. The van der Waals surface area contributed by atoms with E-state index < -0.39 is 0 Å². The zero-order chi connectivity index (χ0) is 17.2. The topological polar surface area (TPSA) is 42.4 Å². The van der Waals surface area contributed by atoms with E-state index in [0.717, 1.165) is 17.7 Å². The van der Waals surface area contributed by atoms with Crippen molar-refractivity contribution in [2.24, 2.45) is 0 Å². The highest BCUT2D eigenvalue weighted by Gasteiger charge is 2.08. The molecular weight excluding hydrogens is 300 g/mol. The molecule has 126 valence electrons. The molecule has 4 heteroatoms. The predicted octanol–water partition coefficient (Wildman–Crippen LogP) is 3.58. The van der Waals surface area contributed by atoms with Gasteiger partial charge in [-0.25, -0.2) is 0 Å². The molecular formula is C20H24N2O2. The van der Waals surface area contributed by atoms with Crippen LogP contribution >= 0.6 is 0 Å². The summed E-state index contributed by atoms with van der Waals surface area (Å²) in [4.78, 5) is 18.2. The molecule has 1 heterocycles. The minimum atomic E-state index is 0.0282. The molecule has 0 saturated carbocycles. The first kappa shape index (κ1) is 17.7. The summed E-state index contributed by atoms with van der Waals surface area (Å²) in [5.41, 5.74) is 2.17. The second kappa shape index (κ2) is 9.50. The maximum absolute atomic E-state index is 12.3. The fourth-order valence-electron chi connectivity index (χ4n) is 2.35. The van der Waals surface area contributed by atoms with Gasteiger partial charge >= 0.3 is 0 Å². The van der Waals surface area contributed by atoms with Gasteiger partial charge in [-0.15, -0.1) is 0 Å². The van der Waals surface area contributed by atoms with Crippen molar-refractivity contribution in [3.05, 3.63) is 66.0 Å². The Morgan fingerprint density at radius 1 is 1.12 bits per heavy atom. The lowest BCUT2D eigenvalue weighted by molar-refractivity contribution is -0.125. The van der Waals surface area contributed by atoms with E-state index in [1.807, 2.05) is 61.2 Å². The first-order chi connectivity index (χ1) is 11.7. The maximum Gasteiger partial charge on any atom is 0.246 e. The molecule has 0 saturated heterocycles. The first-order valence-electron chi connectivity index (χ1n) is 8.31. The highest BCUT2D eigenvalue weighted by Crippen LogP contribution is 2.13. The van der Waals surface area contributed by atoms with E-state index in [0.29, 0.717) is 19.7 Å². The van der Waals surface area contributed by atoms with Gasteiger partial charge in [-0.2, -0.15) is 0 Å². The molecule has 0 radical (unpaired) electrons. The summed E-state index contributed by atoms with van der Waals surface area (Å²) in [7, 11) is 0. The number of rotatable bonds is 8. The van der Waals surface area contributed by atoms with Gasteiger partial charge in [-0.05, 0) is 61.7 Å². The molecule has 2 rings (SSSR count). The Bertz CT molecular complexity index is 651. The zero-order valence-corrected chi connectivity index (χ0v) is 14.3. The SMILES string of the molecule is CCOc1ccc(/C=C/C(=O)N(CC)CCc2ccncc2)cc1. The highest BCUT2D eigenvalue weighted by atomic mass is 16.5. The average molecular weight is 324 g/mol. The van der Waals surface area contributed by atoms with E-state index in [2.05, 4.69) is 4.98 Å². The molecule has 1 aromatic heterocycles. The van der Waals surface area contributed by atoms with Crippen LogP contribution in [-0.4, -0.2) is 35.5 Å². The van der Waals surface area contributed by atoms with Crippen LogP contribution in [0.3, 0.4) is 0 Å². The van der Waals surface area contributed by atoms with E-state index in [9.17, 15) is 4.79 Å². The standard InChI is InChI=1S/C20H24N2O2/c1-3-22(16-13-18-11-14-21-15-12-18)20(23)10-7-17-5-8-19(9-6-17)24-4-2/h5-12,14-15H,3-4,13,16H2,1-2H3/b10-7+. The molecule has 0 bridgehead atoms. The minimum Gasteiger partial charge on any atom is -0.494 e. The van der Waals surface area contributed by atoms with Gasteiger partial charge in [-0.3, -0.25) is 9.78 Å². The van der Waals surface area contributed by atoms with Crippen LogP contribution in [0.4, 0.5) is 0 Å². The van der Waals surface area contributed by atoms with Crippen LogP contribution in [0.25, 0.3) is 6.08 Å². The van der Waals surface area contributed by atoms with Crippen LogP contribution in [0, 0.1) is 0 Å². The number of hydrogen-bond donors (Lipinski definition) is 0. The molecule has 0 atom stereocenters. The number of likely N-dealkylation sites (N-methyl/N-ethyl adjacent to an activating group) is 1. The highest BCUT2D eigenvalue weighted by molar-refractivity contribution is 5.91. The number of ether oxygens (including phenoxy) is 1. The number of carbonyl (C=O) groups excluding carboxylic acids is 1. The monoisotopic (exact) mass is 324 g/mol. The van der Waals surface area contributed by atoms with Gasteiger partial charge in [-0.1, -0.05) is 12.1 Å². The van der Waals surface area contributed by atoms with Crippen molar-refractivity contribution in [2.45, 2.75) is 20.3 Å². The van der Waals surface area contributed by atoms with Crippen LogP contribution in [0.15, 0.2) is 54.9 Å². The molecule has 0 aliphatic carbocycles. The van der Waals surface area contributed by atoms with Crippen molar-refractivity contribution in [1.29, 1.82) is 0 Å². The van der Waals surface area contributed by atoms with Gasteiger partial charge in [0.1, 0.15) is 5.75 Å². The fraction of sp³-hybridized carbons (Fsp3) is 0.300. The number of aromatic nitrogens is 1. The Morgan fingerprint density at radius 2 is 1.83 bits per heavy atom. The van der Waals surface area contributed by atoms with Crippen LogP contribution in [0.2, 0.25) is 0 Å². The number of nitrogens with zero attached hydrogens (tertiary/aromatic N) is 2. The lowest BCUT2D eigenvalue weighted by Crippen LogP contribution is -2.31. The summed E-state index contributed by atoms with van der Waals surface area (Å²) < 4.78 is 5.41. The summed E-state index contributed by atoms with van der Waals surface area (Å²) >= 11 is 0. The Hall–Kier alpha value is -2.62. The van der Waals surface area contributed by atoms with Gasteiger partial charge in [0, 0.05) is 31.6 Å². The smallest absolute Gasteiger partial charge is 0.246 e. The summed E-state index contributed by atoms with van der Waals surface area (Å²) in [6, 6.07) is 11.7. The Morgan fingerprint density at radius 3 is 2.46 bits per heavy atom. The van der Waals surface area contributed by atoms with Gasteiger partial charge in [0.05, 0.1) is 6.61 Å². The van der Waals surface area contributed by atoms with Gasteiger partial charge < -0.3 is 9.64 Å². The van der Waals surface area contributed by atoms with E-state index in [1.165, 1.54) is 5.56 Å². The number of benzene rings is 1. The minimum absolute atomic E-state index is 0.0282.